The maximum atomic E-state index is 12.0. The van der Waals surface area contributed by atoms with E-state index in [2.05, 4.69) is 10.3 Å². The maximum absolute atomic E-state index is 12.0. The van der Waals surface area contributed by atoms with Gasteiger partial charge in [0.25, 0.3) is 5.56 Å². The molecule has 0 saturated heterocycles. The van der Waals surface area contributed by atoms with Crippen LogP contribution in [0.1, 0.15) is 26.9 Å². The second-order valence-electron chi connectivity index (χ2n) is 4.99. The number of alkyl halides is 3. The zero-order valence-corrected chi connectivity index (χ0v) is 12.9. The van der Waals surface area contributed by atoms with Gasteiger partial charge in [-0.3, -0.25) is 14.2 Å². The van der Waals surface area contributed by atoms with Gasteiger partial charge >= 0.3 is 0 Å². The monoisotopic (exact) mass is 325 g/mol. The highest BCUT2D eigenvalue weighted by Gasteiger charge is 2.38. The van der Waals surface area contributed by atoms with Gasteiger partial charge in [-0.15, -0.1) is 0 Å². The standard InChI is InChI=1S/C11H14Cl3N3O2/c1-10(2,3)9(19)16-8(11(12,13)14)17-6-15-5-4-7(17)18/h4-6,8H,1-3H3,(H,16,19)/t8-/m0/s1. The van der Waals surface area contributed by atoms with Gasteiger partial charge < -0.3 is 5.32 Å². The summed E-state index contributed by atoms with van der Waals surface area (Å²) in [5.74, 6) is -0.348. The van der Waals surface area contributed by atoms with Crippen LogP contribution in [-0.4, -0.2) is 19.3 Å². The van der Waals surface area contributed by atoms with Crippen molar-refractivity contribution in [1.82, 2.24) is 14.9 Å². The molecule has 0 radical (unpaired) electrons. The average molecular weight is 327 g/mol. The fraction of sp³-hybridized carbons (Fsp3) is 0.545. The van der Waals surface area contributed by atoms with Gasteiger partial charge in [0, 0.05) is 17.7 Å². The molecule has 1 heterocycles. The molecular weight excluding hydrogens is 312 g/mol. The highest BCUT2D eigenvalue weighted by molar-refractivity contribution is 6.67. The van der Waals surface area contributed by atoms with E-state index in [1.54, 1.807) is 20.8 Å². The first-order valence-electron chi connectivity index (χ1n) is 5.43. The average Bonchev–Trinajstić information content (AvgIpc) is 2.24. The predicted octanol–water partition coefficient (Wildman–Crippen LogP) is 2.27. The molecule has 8 heteroatoms. The maximum Gasteiger partial charge on any atom is 0.255 e. The van der Waals surface area contributed by atoms with Crippen LogP contribution in [0.5, 0.6) is 0 Å². The summed E-state index contributed by atoms with van der Waals surface area (Å²) in [6.45, 7) is 5.14. The Morgan fingerprint density at radius 2 is 1.95 bits per heavy atom. The molecule has 0 aliphatic heterocycles. The van der Waals surface area contributed by atoms with Gasteiger partial charge in [0.15, 0.2) is 6.17 Å². The Labute approximate surface area is 125 Å². The van der Waals surface area contributed by atoms with E-state index in [0.29, 0.717) is 0 Å². The molecule has 0 aliphatic carbocycles. The molecule has 1 rings (SSSR count). The van der Waals surface area contributed by atoms with E-state index in [0.717, 1.165) is 4.57 Å². The Balaban J connectivity index is 3.16. The zero-order valence-electron chi connectivity index (χ0n) is 10.7. The van der Waals surface area contributed by atoms with Crippen LogP contribution in [0, 0.1) is 5.41 Å². The highest BCUT2D eigenvalue weighted by atomic mass is 35.6. The van der Waals surface area contributed by atoms with Crippen LogP contribution in [0.2, 0.25) is 0 Å². The van der Waals surface area contributed by atoms with E-state index in [9.17, 15) is 9.59 Å². The van der Waals surface area contributed by atoms with E-state index in [1.807, 2.05) is 0 Å². The molecule has 0 unspecified atom stereocenters. The lowest BCUT2D eigenvalue weighted by Crippen LogP contribution is -2.47. The number of aromatic nitrogens is 2. The van der Waals surface area contributed by atoms with E-state index >= 15 is 0 Å². The molecule has 106 valence electrons. The van der Waals surface area contributed by atoms with Gasteiger partial charge in [0.05, 0.1) is 6.33 Å². The Morgan fingerprint density at radius 1 is 1.37 bits per heavy atom. The van der Waals surface area contributed by atoms with Crippen molar-refractivity contribution in [3.8, 4) is 0 Å². The summed E-state index contributed by atoms with van der Waals surface area (Å²) in [6, 6.07) is 1.21. The summed E-state index contributed by atoms with van der Waals surface area (Å²) in [5, 5.41) is 2.54. The van der Waals surface area contributed by atoms with E-state index in [4.69, 9.17) is 34.8 Å². The van der Waals surface area contributed by atoms with Crippen LogP contribution in [0.4, 0.5) is 0 Å². The van der Waals surface area contributed by atoms with Crippen molar-refractivity contribution in [3.05, 3.63) is 28.9 Å². The molecule has 5 nitrogen and oxygen atoms in total. The van der Waals surface area contributed by atoms with Crippen molar-refractivity contribution in [3.63, 3.8) is 0 Å². The molecule has 1 N–H and O–H groups in total. The number of hydrogen-bond acceptors (Lipinski definition) is 3. The summed E-state index contributed by atoms with van der Waals surface area (Å²) < 4.78 is -0.815. The fourth-order valence-corrected chi connectivity index (χ4v) is 1.68. The number of carbonyl (C=O) groups is 1. The molecule has 1 amide bonds. The lowest BCUT2D eigenvalue weighted by molar-refractivity contribution is -0.129. The summed E-state index contributed by atoms with van der Waals surface area (Å²) >= 11 is 17.5. The third kappa shape index (κ3) is 4.37. The molecule has 0 spiro atoms. The van der Waals surface area contributed by atoms with Gasteiger partial charge in [0.2, 0.25) is 9.70 Å². The second kappa shape index (κ2) is 5.69. The second-order valence-corrected chi connectivity index (χ2v) is 7.36. The Bertz CT molecular complexity index is 517. The first-order valence-corrected chi connectivity index (χ1v) is 6.56. The van der Waals surface area contributed by atoms with Crippen LogP contribution < -0.4 is 10.9 Å². The van der Waals surface area contributed by atoms with Crippen molar-refractivity contribution in [2.24, 2.45) is 5.41 Å². The van der Waals surface area contributed by atoms with Crippen LogP contribution in [0.3, 0.4) is 0 Å². The molecule has 0 aromatic carbocycles. The van der Waals surface area contributed by atoms with Gasteiger partial charge in [-0.05, 0) is 0 Å². The molecular formula is C11H14Cl3N3O2. The Morgan fingerprint density at radius 3 is 2.37 bits per heavy atom. The fourth-order valence-electron chi connectivity index (χ4n) is 1.20. The first kappa shape index (κ1) is 16.3. The molecule has 0 bridgehead atoms. The quantitative estimate of drug-likeness (QED) is 0.848. The van der Waals surface area contributed by atoms with Crippen molar-refractivity contribution < 1.29 is 4.79 Å². The largest absolute Gasteiger partial charge is 0.331 e. The minimum Gasteiger partial charge on any atom is -0.331 e. The van der Waals surface area contributed by atoms with Gasteiger partial charge in [0.1, 0.15) is 0 Å². The molecule has 0 saturated carbocycles. The lowest BCUT2D eigenvalue weighted by atomic mass is 9.95. The molecule has 1 atom stereocenters. The number of amides is 1. The number of nitrogens with zero attached hydrogens (tertiary/aromatic N) is 2. The number of hydrogen-bond donors (Lipinski definition) is 1. The summed E-state index contributed by atoms with van der Waals surface area (Å²) in [6.07, 6.45) is 1.39. The number of carbonyl (C=O) groups excluding carboxylic acids is 1. The third-order valence-electron chi connectivity index (χ3n) is 2.29. The molecule has 1 aromatic heterocycles. The van der Waals surface area contributed by atoms with Crippen LogP contribution >= 0.6 is 34.8 Å². The summed E-state index contributed by atoms with van der Waals surface area (Å²) in [4.78, 5) is 27.5. The normalized spacial score (nSPS) is 14.0. The van der Waals surface area contributed by atoms with E-state index in [1.165, 1.54) is 18.6 Å². The molecule has 1 aromatic rings. The van der Waals surface area contributed by atoms with Gasteiger partial charge in [-0.2, -0.15) is 0 Å². The van der Waals surface area contributed by atoms with Crippen LogP contribution in [0.15, 0.2) is 23.4 Å². The molecule has 19 heavy (non-hydrogen) atoms. The predicted molar refractivity (Wildman–Crippen MR) is 75.4 cm³/mol. The molecule has 0 fully saturated rings. The first-order chi connectivity index (χ1) is 8.53. The lowest BCUT2D eigenvalue weighted by Gasteiger charge is -2.29. The highest BCUT2D eigenvalue weighted by Crippen LogP contribution is 2.36. The van der Waals surface area contributed by atoms with E-state index in [-0.39, 0.29) is 5.91 Å². The van der Waals surface area contributed by atoms with E-state index < -0.39 is 20.9 Å². The van der Waals surface area contributed by atoms with Crippen molar-refractivity contribution in [2.75, 3.05) is 0 Å². The van der Waals surface area contributed by atoms with Crippen molar-refractivity contribution in [2.45, 2.75) is 30.7 Å². The summed E-state index contributed by atoms with van der Waals surface area (Å²) in [7, 11) is 0. The number of halogens is 3. The van der Waals surface area contributed by atoms with Crippen LogP contribution in [0.25, 0.3) is 0 Å². The third-order valence-corrected chi connectivity index (χ3v) is 2.91. The van der Waals surface area contributed by atoms with Crippen molar-refractivity contribution >= 4 is 40.7 Å². The van der Waals surface area contributed by atoms with Gasteiger partial charge in [-0.25, -0.2) is 4.98 Å². The minimum absolute atomic E-state index is 0.348. The van der Waals surface area contributed by atoms with Crippen LogP contribution in [-0.2, 0) is 4.79 Å². The Kier molecular flexibility index (Phi) is 4.87. The van der Waals surface area contributed by atoms with Crippen molar-refractivity contribution in [1.29, 1.82) is 0 Å². The summed E-state index contributed by atoms with van der Waals surface area (Å²) in [5.41, 5.74) is -1.11. The smallest absolute Gasteiger partial charge is 0.255 e. The SMILES string of the molecule is CC(C)(C)C(=O)N[C@@H](n1cnccc1=O)C(Cl)(Cl)Cl. The minimum atomic E-state index is -1.88. The Hall–Kier alpha value is -0.780. The number of rotatable bonds is 2. The topological polar surface area (TPSA) is 64.0 Å². The van der Waals surface area contributed by atoms with Gasteiger partial charge in [-0.1, -0.05) is 55.6 Å². The number of nitrogens with one attached hydrogen (secondary N) is 1. The molecule has 0 aliphatic rings. The zero-order chi connectivity index (χ0) is 14.8.